The molecule has 224 valence electrons. The van der Waals surface area contributed by atoms with E-state index in [1.54, 1.807) is 0 Å². The summed E-state index contributed by atoms with van der Waals surface area (Å²) in [6.07, 6.45) is 6.06. The molecule has 4 atom stereocenters. The summed E-state index contributed by atoms with van der Waals surface area (Å²) >= 11 is 0. The van der Waals surface area contributed by atoms with E-state index in [1.165, 1.54) is 0 Å². The third-order valence-electron chi connectivity index (χ3n) is 9.34. The zero-order chi connectivity index (χ0) is 29.6. The summed E-state index contributed by atoms with van der Waals surface area (Å²) < 4.78 is -1.19. The van der Waals surface area contributed by atoms with Gasteiger partial charge in [-0.2, -0.15) is 0 Å². The summed E-state index contributed by atoms with van der Waals surface area (Å²) in [4.78, 5) is 26.8. The van der Waals surface area contributed by atoms with Gasteiger partial charge in [-0.05, 0) is 47.9 Å². The number of para-hydroxylation sites is 2. The van der Waals surface area contributed by atoms with Gasteiger partial charge in [0.05, 0.1) is 26.2 Å². The summed E-state index contributed by atoms with van der Waals surface area (Å²) in [5.74, 6) is -0.447. The molecule has 1 unspecified atom stereocenters. The third-order valence-corrected chi connectivity index (χ3v) is 9.34. The summed E-state index contributed by atoms with van der Waals surface area (Å²) in [5, 5.41) is 34.1. The van der Waals surface area contributed by atoms with E-state index in [0.717, 1.165) is 59.3 Å². The van der Waals surface area contributed by atoms with Crippen molar-refractivity contribution in [3.05, 3.63) is 69.1 Å². The number of rotatable bonds is 12. The van der Waals surface area contributed by atoms with Crippen LogP contribution in [0.1, 0.15) is 82.1 Å². The van der Waals surface area contributed by atoms with Crippen molar-refractivity contribution < 1.29 is 18.9 Å². The van der Waals surface area contributed by atoms with Crippen LogP contribution in [-0.2, 0) is 35.3 Å². The highest BCUT2D eigenvalue weighted by Crippen LogP contribution is 2.32. The second-order valence-corrected chi connectivity index (χ2v) is 11.8. The van der Waals surface area contributed by atoms with Crippen LogP contribution >= 0.6 is 0 Å². The van der Waals surface area contributed by atoms with Crippen LogP contribution in [0, 0.1) is 10.4 Å². The van der Waals surface area contributed by atoms with Crippen molar-refractivity contribution in [1.29, 1.82) is 0 Å². The number of nitrogens with one attached hydrogen (secondary N) is 2. The average molecular weight is 565 g/mol. The lowest BCUT2D eigenvalue weighted by Crippen LogP contribution is -2.55. The molecule has 8 heteroatoms. The van der Waals surface area contributed by atoms with Crippen LogP contribution in [0.2, 0.25) is 0 Å². The molecule has 2 saturated heterocycles. The lowest BCUT2D eigenvalue weighted by atomic mass is 10.0. The van der Waals surface area contributed by atoms with Crippen molar-refractivity contribution in [2.24, 2.45) is 0 Å². The number of nitrogens with zero attached hydrogens (tertiary/aromatic N) is 2. The normalized spacial score (nSPS) is 25.8. The van der Waals surface area contributed by atoms with Crippen LogP contribution in [0.4, 0.5) is 11.4 Å². The molecule has 0 bridgehead atoms. The number of benzene rings is 2. The Kier molecular flexibility index (Phi) is 10.2. The first-order valence-electron chi connectivity index (χ1n) is 15.7. The van der Waals surface area contributed by atoms with Gasteiger partial charge < -0.3 is 30.3 Å². The standard InChI is InChI=1S/C33H48N4O4/c1-5-24-14-9-15-25(6-2)30(24)34-32(38)28-18-11-20-36(28,40)22-13-23-37(41)21-12-19-29(37)33(39)35-31-26(7-3)16-10-17-27(31)8-4/h9-10,14-17,28-29H,5-8,11-13,18-23H2,1-4H3,(H,34,38)(H,35,39)/t28-,29?,36+,37+/m0/s1. The Hall–Kier alpha value is -2.78. The molecule has 2 aliphatic rings. The van der Waals surface area contributed by atoms with Crippen LogP contribution in [0.3, 0.4) is 0 Å². The Bertz CT molecular complexity index is 1100. The highest BCUT2D eigenvalue weighted by Gasteiger charge is 2.43. The number of hydroxylamine groups is 6. The molecule has 2 aromatic rings. The van der Waals surface area contributed by atoms with Gasteiger partial charge in [0, 0.05) is 43.5 Å². The van der Waals surface area contributed by atoms with Gasteiger partial charge in [0.15, 0.2) is 12.1 Å². The van der Waals surface area contributed by atoms with E-state index in [2.05, 4.69) is 38.3 Å². The molecule has 2 heterocycles. The molecule has 2 aliphatic heterocycles. The number of hydrogen-bond acceptors (Lipinski definition) is 4. The van der Waals surface area contributed by atoms with Crippen molar-refractivity contribution in [3.63, 3.8) is 0 Å². The van der Waals surface area contributed by atoms with Crippen molar-refractivity contribution in [2.45, 2.75) is 97.6 Å². The van der Waals surface area contributed by atoms with Crippen molar-refractivity contribution >= 4 is 23.2 Å². The van der Waals surface area contributed by atoms with E-state index in [0.29, 0.717) is 45.2 Å². The van der Waals surface area contributed by atoms with Gasteiger partial charge in [0.25, 0.3) is 11.8 Å². The zero-order valence-corrected chi connectivity index (χ0v) is 25.3. The SMILES string of the molecule is CCc1cccc(CC)c1NC(=O)C1CCC[N@@+]1([O-])CCC[N@+]1([O-])CCC[C@H]1C(=O)Nc1c(CC)cccc1CC. The molecule has 41 heavy (non-hydrogen) atoms. The lowest BCUT2D eigenvalue weighted by molar-refractivity contribution is -0.902. The third kappa shape index (κ3) is 6.67. The number of carbonyl (C=O) groups excluding carboxylic acids is 2. The first kappa shape index (κ1) is 31.2. The van der Waals surface area contributed by atoms with E-state index in [4.69, 9.17) is 0 Å². The molecule has 2 amide bonds. The number of hydrogen-bond donors (Lipinski definition) is 2. The molecule has 0 aliphatic carbocycles. The lowest BCUT2D eigenvalue weighted by Gasteiger charge is -2.46. The summed E-state index contributed by atoms with van der Waals surface area (Å²) in [7, 11) is 0. The minimum atomic E-state index is -0.680. The molecule has 0 aromatic heterocycles. The first-order chi connectivity index (χ1) is 19.7. The molecule has 8 nitrogen and oxygen atoms in total. The molecule has 2 fully saturated rings. The van der Waals surface area contributed by atoms with Crippen molar-refractivity contribution in [3.8, 4) is 0 Å². The fourth-order valence-electron chi connectivity index (χ4n) is 6.94. The molecule has 2 aromatic carbocycles. The number of quaternary nitrogens is 2. The van der Waals surface area contributed by atoms with Gasteiger partial charge in [0.1, 0.15) is 0 Å². The van der Waals surface area contributed by atoms with Gasteiger partial charge >= 0.3 is 0 Å². The molecule has 0 radical (unpaired) electrons. The van der Waals surface area contributed by atoms with E-state index < -0.39 is 21.4 Å². The predicted molar refractivity (Wildman–Crippen MR) is 165 cm³/mol. The maximum Gasteiger partial charge on any atom is 0.283 e. The molecular weight excluding hydrogens is 516 g/mol. The topological polar surface area (TPSA) is 104 Å². The number of aryl methyl sites for hydroxylation is 4. The first-order valence-corrected chi connectivity index (χ1v) is 15.7. The zero-order valence-electron chi connectivity index (χ0n) is 25.3. The smallest absolute Gasteiger partial charge is 0.283 e. The summed E-state index contributed by atoms with van der Waals surface area (Å²) in [6, 6.07) is 10.7. The summed E-state index contributed by atoms with van der Waals surface area (Å²) in [5.41, 5.74) is 5.97. The average Bonchev–Trinajstić information content (AvgIpc) is 3.55. The second kappa shape index (κ2) is 13.5. The van der Waals surface area contributed by atoms with Crippen molar-refractivity contribution in [2.75, 3.05) is 36.8 Å². The van der Waals surface area contributed by atoms with Gasteiger partial charge in [-0.25, -0.2) is 0 Å². The molecule has 2 N–H and O–H groups in total. The Morgan fingerprint density at radius 3 is 1.34 bits per heavy atom. The van der Waals surface area contributed by atoms with E-state index in [1.807, 2.05) is 36.4 Å². The largest absolute Gasteiger partial charge is 0.632 e. The highest BCUT2D eigenvalue weighted by molar-refractivity contribution is 5.96. The van der Waals surface area contributed by atoms with Crippen LogP contribution in [0.15, 0.2) is 36.4 Å². The Balaban J connectivity index is 1.40. The minimum absolute atomic E-state index is 0.212. The van der Waals surface area contributed by atoms with Crippen LogP contribution in [0.5, 0.6) is 0 Å². The minimum Gasteiger partial charge on any atom is -0.632 e. The monoisotopic (exact) mass is 564 g/mol. The maximum atomic E-state index is 13.9. The van der Waals surface area contributed by atoms with Crippen LogP contribution in [-0.4, -0.2) is 59.4 Å². The quantitative estimate of drug-likeness (QED) is 0.249. The van der Waals surface area contributed by atoms with Gasteiger partial charge in [-0.15, -0.1) is 0 Å². The molecular formula is C33H48N4O4. The maximum absolute atomic E-state index is 13.9. The van der Waals surface area contributed by atoms with Crippen molar-refractivity contribution in [1.82, 2.24) is 0 Å². The molecule has 4 rings (SSSR count). The Morgan fingerprint density at radius 1 is 0.683 bits per heavy atom. The van der Waals surface area contributed by atoms with Gasteiger partial charge in [0.2, 0.25) is 0 Å². The predicted octanol–water partition coefficient (Wildman–Crippen LogP) is 5.86. The molecule has 0 spiro atoms. The fraction of sp³-hybridized carbons (Fsp3) is 0.576. The van der Waals surface area contributed by atoms with Crippen LogP contribution < -0.4 is 10.6 Å². The van der Waals surface area contributed by atoms with Gasteiger partial charge in [-0.1, -0.05) is 64.1 Å². The molecule has 0 saturated carbocycles. The number of carbonyl (C=O) groups is 2. The second-order valence-electron chi connectivity index (χ2n) is 11.8. The Labute approximate surface area is 245 Å². The number of likely N-dealkylation sites (tertiary alicyclic amines) is 2. The summed E-state index contributed by atoms with van der Waals surface area (Å²) in [6.45, 7) is 9.43. The number of anilines is 2. The van der Waals surface area contributed by atoms with E-state index in [9.17, 15) is 20.0 Å². The Morgan fingerprint density at radius 2 is 1.02 bits per heavy atom. The van der Waals surface area contributed by atoms with E-state index >= 15 is 0 Å². The fourth-order valence-corrected chi connectivity index (χ4v) is 6.94. The van der Waals surface area contributed by atoms with E-state index in [-0.39, 0.29) is 24.9 Å². The van der Waals surface area contributed by atoms with Crippen LogP contribution in [0.25, 0.3) is 0 Å². The van der Waals surface area contributed by atoms with Gasteiger partial charge in [-0.3, -0.25) is 9.59 Å². The highest BCUT2D eigenvalue weighted by atomic mass is 16.6. The number of amides is 2.